The number of carbonyl (C=O) groups excluding carboxylic acids is 1. The summed E-state index contributed by atoms with van der Waals surface area (Å²) in [5, 5.41) is 2.98. The molecule has 1 atom stereocenters. The van der Waals surface area contributed by atoms with Crippen LogP contribution in [0.25, 0.3) is 0 Å². The zero-order chi connectivity index (χ0) is 18.6. The molecule has 2 aliphatic rings. The van der Waals surface area contributed by atoms with Crippen molar-refractivity contribution in [1.29, 1.82) is 0 Å². The molecule has 0 radical (unpaired) electrons. The van der Waals surface area contributed by atoms with Crippen molar-refractivity contribution in [3.63, 3.8) is 0 Å². The van der Waals surface area contributed by atoms with Gasteiger partial charge in [0.2, 0.25) is 0 Å². The summed E-state index contributed by atoms with van der Waals surface area (Å²) in [6.07, 6.45) is 4.72. The van der Waals surface area contributed by atoms with Crippen LogP contribution in [0, 0.1) is 0 Å². The molecule has 0 fully saturated rings. The molecular formula is C22H25NO4. The Bertz CT molecular complexity index is 833. The molecule has 0 spiro atoms. The van der Waals surface area contributed by atoms with Crippen LogP contribution in [-0.4, -0.2) is 25.7 Å². The molecule has 1 aliphatic heterocycles. The summed E-state index contributed by atoms with van der Waals surface area (Å²) in [5.74, 6) is 2.09. The van der Waals surface area contributed by atoms with Gasteiger partial charge in [-0.25, -0.2) is 0 Å². The number of nitrogens with one attached hydrogen (secondary N) is 1. The highest BCUT2D eigenvalue weighted by atomic mass is 16.6. The summed E-state index contributed by atoms with van der Waals surface area (Å²) in [7, 11) is 0. The van der Waals surface area contributed by atoms with E-state index in [0.717, 1.165) is 35.7 Å². The average Bonchev–Trinajstić information content (AvgIpc) is 2.71. The van der Waals surface area contributed by atoms with Crippen molar-refractivity contribution in [3.05, 3.63) is 53.1 Å². The van der Waals surface area contributed by atoms with Crippen LogP contribution in [0.2, 0.25) is 0 Å². The molecule has 0 aromatic heterocycles. The lowest BCUT2D eigenvalue weighted by Crippen LogP contribution is -2.31. The van der Waals surface area contributed by atoms with Crippen molar-refractivity contribution in [2.24, 2.45) is 0 Å². The Labute approximate surface area is 159 Å². The lowest BCUT2D eigenvalue weighted by molar-refractivity contribution is -0.123. The predicted molar refractivity (Wildman–Crippen MR) is 103 cm³/mol. The first kappa shape index (κ1) is 17.7. The lowest BCUT2D eigenvalue weighted by Gasteiger charge is -2.21. The fraction of sp³-hybridized carbons (Fsp3) is 0.409. The molecule has 5 nitrogen and oxygen atoms in total. The van der Waals surface area contributed by atoms with Crippen LogP contribution in [0.15, 0.2) is 36.4 Å². The molecule has 1 heterocycles. The van der Waals surface area contributed by atoms with Crippen LogP contribution >= 0.6 is 0 Å². The monoisotopic (exact) mass is 367 g/mol. The molecule has 4 rings (SSSR count). The Kier molecular flexibility index (Phi) is 5.19. The standard InChI is InChI=1S/C22H25NO4/c1-15(17-7-9-20-21(13-17)26-11-10-25-20)23-22(24)14-27-19-8-6-16-4-2-3-5-18(16)12-19/h6-9,12-13,15H,2-5,10-11,14H2,1H3,(H,23,24)/t15-/m0/s1. The minimum Gasteiger partial charge on any atom is -0.486 e. The van der Waals surface area contributed by atoms with Crippen LogP contribution < -0.4 is 19.5 Å². The largest absolute Gasteiger partial charge is 0.486 e. The van der Waals surface area contributed by atoms with Gasteiger partial charge in [0, 0.05) is 0 Å². The van der Waals surface area contributed by atoms with Crippen molar-refractivity contribution >= 4 is 5.91 Å². The summed E-state index contributed by atoms with van der Waals surface area (Å²) in [6.45, 7) is 3.07. The molecule has 142 valence electrons. The minimum absolute atomic E-state index is 0.00762. The molecule has 1 N–H and O–H groups in total. The number of carbonyl (C=O) groups is 1. The van der Waals surface area contributed by atoms with E-state index in [1.54, 1.807) is 0 Å². The Morgan fingerprint density at radius 3 is 2.67 bits per heavy atom. The van der Waals surface area contributed by atoms with Crippen LogP contribution in [0.1, 0.15) is 42.5 Å². The first-order valence-electron chi connectivity index (χ1n) is 9.62. The minimum atomic E-state index is -0.143. The van der Waals surface area contributed by atoms with Gasteiger partial charge in [-0.2, -0.15) is 0 Å². The molecule has 0 saturated carbocycles. The number of fused-ring (bicyclic) bond motifs is 2. The highest BCUT2D eigenvalue weighted by molar-refractivity contribution is 5.78. The fourth-order valence-corrected chi connectivity index (χ4v) is 3.64. The third-order valence-corrected chi connectivity index (χ3v) is 5.13. The van der Waals surface area contributed by atoms with Gasteiger partial charge in [0.05, 0.1) is 6.04 Å². The van der Waals surface area contributed by atoms with Gasteiger partial charge < -0.3 is 19.5 Å². The zero-order valence-electron chi connectivity index (χ0n) is 15.6. The molecule has 0 unspecified atom stereocenters. The maximum atomic E-state index is 12.3. The SMILES string of the molecule is C[C@H](NC(=O)COc1ccc2c(c1)CCCC2)c1ccc2c(c1)OCCO2. The lowest BCUT2D eigenvalue weighted by atomic mass is 9.92. The van der Waals surface area contributed by atoms with Gasteiger partial charge in [0.15, 0.2) is 18.1 Å². The van der Waals surface area contributed by atoms with Gasteiger partial charge in [-0.3, -0.25) is 4.79 Å². The maximum Gasteiger partial charge on any atom is 0.258 e. The summed E-state index contributed by atoms with van der Waals surface area (Å²) in [5.41, 5.74) is 3.73. The Morgan fingerprint density at radius 1 is 1.04 bits per heavy atom. The maximum absolute atomic E-state index is 12.3. The number of benzene rings is 2. The van der Waals surface area contributed by atoms with E-state index < -0.39 is 0 Å². The van der Waals surface area contributed by atoms with E-state index in [-0.39, 0.29) is 18.6 Å². The molecule has 2 aromatic carbocycles. The van der Waals surface area contributed by atoms with Crippen molar-refractivity contribution in [2.45, 2.75) is 38.6 Å². The van der Waals surface area contributed by atoms with Gasteiger partial charge in [-0.1, -0.05) is 12.1 Å². The Morgan fingerprint density at radius 2 is 1.81 bits per heavy atom. The number of aryl methyl sites for hydroxylation is 2. The van der Waals surface area contributed by atoms with Crippen LogP contribution in [0.3, 0.4) is 0 Å². The van der Waals surface area contributed by atoms with Gasteiger partial charge in [-0.15, -0.1) is 0 Å². The van der Waals surface area contributed by atoms with Gasteiger partial charge in [0.25, 0.3) is 5.91 Å². The van der Waals surface area contributed by atoms with Crippen molar-refractivity contribution in [1.82, 2.24) is 5.32 Å². The van der Waals surface area contributed by atoms with Gasteiger partial charge in [0.1, 0.15) is 19.0 Å². The third-order valence-electron chi connectivity index (χ3n) is 5.13. The van der Waals surface area contributed by atoms with Gasteiger partial charge in [-0.05, 0) is 73.6 Å². The van der Waals surface area contributed by atoms with E-state index >= 15 is 0 Å². The first-order valence-corrected chi connectivity index (χ1v) is 9.62. The number of rotatable bonds is 5. The molecule has 5 heteroatoms. The van der Waals surface area contributed by atoms with Gasteiger partial charge >= 0.3 is 0 Å². The molecule has 1 aliphatic carbocycles. The van der Waals surface area contributed by atoms with E-state index in [2.05, 4.69) is 17.4 Å². The predicted octanol–water partition coefficient (Wildman–Crippen LogP) is 3.59. The second-order valence-corrected chi connectivity index (χ2v) is 7.12. The summed E-state index contributed by atoms with van der Waals surface area (Å²) in [6, 6.07) is 11.8. The second kappa shape index (κ2) is 7.91. The highest BCUT2D eigenvalue weighted by Gasteiger charge is 2.16. The van der Waals surface area contributed by atoms with E-state index in [1.807, 2.05) is 31.2 Å². The average molecular weight is 367 g/mol. The van der Waals surface area contributed by atoms with Crippen LogP contribution in [-0.2, 0) is 17.6 Å². The van der Waals surface area contributed by atoms with E-state index in [0.29, 0.717) is 13.2 Å². The number of ether oxygens (including phenoxy) is 3. The van der Waals surface area contributed by atoms with Crippen molar-refractivity contribution in [2.75, 3.05) is 19.8 Å². The molecule has 0 saturated heterocycles. The fourth-order valence-electron chi connectivity index (χ4n) is 3.64. The second-order valence-electron chi connectivity index (χ2n) is 7.12. The Balaban J connectivity index is 1.32. The molecule has 0 bridgehead atoms. The van der Waals surface area contributed by atoms with E-state index in [1.165, 1.54) is 24.0 Å². The summed E-state index contributed by atoms with van der Waals surface area (Å²) >= 11 is 0. The summed E-state index contributed by atoms with van der Waals surface area (Å²) < 4.78 is 16.8. The molecular weight excluding hydrogens is 342 g/mol. The van der Waals surface area contributed by atoms with Crippen LogP contribution in [0.5, 0.6) is 17.2 Å². The molecule has 1 amide bonds. The normalized spacial score (nSPS) is 16.2. The Hall–Kier alpha value is -2.69. The third kappa shape index (κ3) is 4.18. The van der Waals surface area contributed by atoms with Crippen molar-refractivity contribution in [3.8, 4) is 17.2 Å². The van der Waals surface area contributed by atoms with Crippen LogP contribution in [0.4, 0.5) is 0 Å². The first-order chi connectivity index (χ1) is 13.2. The number of hydrogen-bond donors (Lipinski definition) is 1. The molecule has 27 heavy (non-hydrogen) atoms. The number of amides is 1. The quantitative estimate of drug-likeness (QED) is 0.877. The smallest absolute Gasteiger partial charge is 0.258 e. The zero-order valence-corrected chi connectivity index (χ0v) is 15.6. The number of hydrogen-bond acceptors (Lipinski definition) is 4. The van der Waals surface area contributed by atoms with E-state index in [9.17, 15) is 4.79 Å². The van der Waals surface area contributed by atoms with Crippen molar-refractivity contribution < 1.29 is 19.0 Å². The molecule has 2 aromatic rings. The summed E-state index contributed by atoms with van der Waals surface area (Å²) in [4.78, 5) is 12.3. The topological polar surface area (TPSA) is 56.8 Å². The highest BCUT2D eigenvalue weighted by Crippen LogP contribution is 2.32. The van der Waals surface area contributed by atoms with E-state index in [4.69, 9.17) is 14.2 Å².